The van der Waals surface area contributed by atoms with Crippen LogP contribution in [0.3, 0.4) is 0 Å². The molecular weight excluding hydrogens is 381 g/mol. The van der Waals surface area contributed by atoms with E-state index in [4.69, 9.17) is 9.15 Å². The second kappa shape index (κ2) is 7.47. The highest BCUT2D eigenvalue weighted by atomic mass is 19.4. The van der Waals surface area contributed by atoms with Gasteiger partial charge in [-0.05, 0) is 29.8 Å². The van der Waals surface area contributed by atoms with Crippen LogP contribution in [0.15, 0.2) is 88.1 Å². The molecule has 0 amide bonds. The Morgan fingerprint density at radius 3 is 2.17 bits per heavy atom. The number of ether oxygens (including phenoxy) is 1. The monoisotopic (exact) mass is 396 g/mol. The molecule has 0 aliphatic carbocycles. The molecule has 0 radical (unpaired) electrons. The standard InChI is InChI=1S/C23H15F3O3/c24-23(25,26)17-12-10-16(11-13-17)21-22(28-14-15-6-2-1-3-7-15)20(27)18-8-4-5-9-19(18)29-21/h1-13H,14H2. The first-order valence-electron chi connectivity index (χ1n) is 8.84. The molecule has 3 aromatic carbocycles. The van der Waals surface area contributed by atoms with Crippen molar-refractivity contribution in [3.8, 4) is 17.1 Å². The summed E-state index contributed by atoms with van der Waals surface area (Å²) >= 11 is 0. The lowest BCUT2D eigenvalue weighted by Gasteiger charge is -2.13. The lowest BCUT2D eigenvalue weighted by atomic mass is 10.1. The molecular formula is C23H15F3O3. The van der Waals surface area contributed by atoms with Crippen molar-refractivity contribution in [3.05, 3.63) is 100 Å². The van der Waals surface area contributed by atoms with Crippen molar-refractivity contribution in [2.75, 3.05) is 0 Å². The van der Waals surface area contributed by atoms with Gasteiger partial charge in [0.25, 0.3) is 0 Å². The number of halogens is 3. The van der Waals surface area contributed by atoms with Crippen molar-refractivity contribution >= 4 is 11.0 Å². The molecule has 146 valence electrons. The number of hydrogen-bond donors (Lipinski definition) is 0. The van der Waals surface area contributed by atoms with Crippen LogP contribution < -0.4 is 10.2 Å². The van der Waals surface area contributed by atoms with Crippen molar-refractivity contribution in [2.24, 2.45) is 0 Å². The molecule has 0 saturated heterocycles. The summed E-state index contributed by atoms with van der Waals surface area (Å²) in [5.74, 6) is 0.0608. The summed E-state index contributed by atoms with van der Waals surface area (Å²) in [4.78, 5) is 13.0. The van der Waals surface area contributed by atoms with Gasteiger partial charge in [-0.3, -0.25) is 4.79 Å². The predicted octanol–water partition coefficient (Wildman–Crippen LogP) is 6.06. The maximum absolute atomic E-state index is 13.0. The first kappa shape index (κ1) is 18.8. The van der Waals surface area contributed by atoms with Gasteiger partial charge < -0.3 is 9.15 Å². The molecule has 6 heteroatoms. The molecule has 4 rings (SSSR count). The van der Waals surface area contributed by atoms with Gasteiger partial charge in [-0.25, -0.2) is 0 Å². The SMILES string of the molecule is O=c1c(OCc2ccccc2)c(-c2ccc(C(F)(F)F)cc2)oc2ccccc12. The molecule has 0 aliphatic heterocycles. The quantitative estimate of drug-likeness (QED) is 0.421. The molecule has 0 aliphatic rings. The second-order valence-electron chi connectivity index (χ2n) is 6.43. The van der Waals surface area contributed by atoms with Crippen LogP contribution in [-0.2, 0) is 12.8 Å². The first-order valence-corrected chi connectivity index (χ1v) is 8.84. The van der Waals surface area contributed by atoms with Crippen molar-refractivity contribution < 1.29 is 22.3 Å². The minimum atomic E-state index is -4.45. The van der Waals surface area contributed by atoms with Gasteiger partial charge in [0.05, 0.1) is 10.9 Å². The summed E-state index contributed by atoms with van der Waals surface area (Å²) in [5.41, 5.74) is 0.343. The number of rotatable bonds is 4. The van der Waals surface area contributed by atoms with E-state index in [2.05, 4.69) is 0 Å². The van der Waals surface area contributed by atoms with Gasteiger partial charge in [-0.2, -0.15) is 13.2 Å². The molecule has 1 aromatic heterocycles. The highest BCUT2D eigenvalue weighted by Crippen LogP contribution is 2.34. The summed E-state index contributed by atoms with van der Waals surface area (Å²) in [6.45, 7) is 0.123. The largest absolute Gasteiger partial charge is 0.481 e. The zero-order valence-electron chi connectivity index (χ0n) is 15.1. The Bertz CT molecular complexity index is 1190. The number of alkyl halides is 3. The van der Waals surface area contributed by atoms with E-state index in [1.807, 2.05) is 30.3 Å². The summed E-state index contributed by atoms with van der Waals surface area (Å²) in [5, 5.41) is 0.339. The van der Waals surface area contributed by atoms with Crippen molar-refractivity contribution in [3.63, 3.8) is 0 Å². The Morgan fingerprint density at radius 1 is 0.828 bits per heavy atom. The van der Waals surface area contributed by atoms with E-state index in [1.54, 1.807) is 24.3 Å². The third kappa shape index (κ3) is 3.87. The zero-order chi connectivity index (χ0) is 20.4. The molecule has 0 unspecified atom stereocenters. The predicted molar refractivity (Wildman–Crippen MR) is 104 cm³/mol. The van der Waals surface area contributed by atoms with E-state index in [0.29, 0.717) is 16.5 Å². The molecule has 0 fully saturated rings. The molecule has 0 bridgehead atoms. The van der Waals surface area contributed by atoms with E-state index in [1.165, 1.54) is 12.1 Å². The zero-order valence-corrected chi connectivity index (χ0v) is 15.1. The van der Waals surface area contributed by atoms with Crippen molar-refractivity contribution in [2.45, 2.75) is 12.8 Å². The van der Waals surface area contributed by atoms with Crippen molar-refractivity contribution in [1.82, 2.24) is 0 Å². The Balaban J connectivity index is 1.82. The molecule has 0 atom stereocenters. The Labute approximate surface area is 164 Å². The van der Waals surface area contributed by atoms with E-state index < -0.39 is 11.7 Å². The number of hydrogen-bond acceptors (Lipinski definition) is 3. The molecule has 0 saturated carbocycles. The second-order valence-corrected chi connectivity index (χ2v) is 6.43. The highest BCUT2D eigenvalue weighted by molar-refractivity contribution is 5.81. The smallest absolute Gasteiger partial charge is 0.416 e. The van der Waals surface area contributed by atoms with Crippen LogP contribution in [0.25, 0.3) is 22.3 Å². The third-order valence-corrected chi connectivity index (χ3v) is 4.46. The van der Waals surface area contributed by atoms with E-state index in [-0.39, 0.29) is 23.5 Å². The van der Waals surface area contributed by atoms with Crippen molar-refractivity contribution in [1.29, 1.82) is 0 Å². The lowest BCUT2D eigenvalue weighted by molar-refractivity contribution is -0.137. The topological polar surface area (TPSA) is 39.4 Å². The van der Waals surface area contributed by atoms with Gasteiger partial charge in [0, 0.05) is 5.56 Å². The van der Waals surface area contributed by atoms with Crippen LogP contribution in [0.4, 0.5) is 13.2 Å². The normalized spacial score (nSPS) is 11.6. The van der Waals surface area contributed by atoms with E-state index in [0.717, 1.165) is 17.7 Å². The maximum Gasteiger partial charge on any atom is 0.416 e. The Kier molecular flexibility index (Phi) is 4.84. The molecule has 0 N–H and O–H groups in total. The van der Waals surface area contributed by atoms with Crippen LogP contribution in [0, 0.1) is 0 Å². The fourth-order valence-corrected chi connectivity index (χ4v) is 2.99. The minimum Gasteiger partial charge on any atom is -0.481 e. The number of benzene rings is 3. The summed E-state index contributed by atoms with van der Waals surface area (Å²) < 4.78 is 50.3. The molecule has 29 heavy (non-hydrogen) atoms. The Morgan fingerprint density at radius 2 is 1.48 bits per heavy atom. The van der Waals surface area contributed by atoms with E-state index >= 15 is 0 Å². The molecule has 0 spiro atoms. The molecule has 4 aromatic rings. The average Bonchev–Trinajstić information content (AvgIpc) is 2.73. The van der Waals surface area contributed by atoms with E-state index in [9.17, 15) is 18.0 Å². The van der Waals surface area contributed by atoms with Gasteiger partial charge in [-0.15, -0.1) is 0 Å². The lowest BCUT2D eigenvalue weighted by Crippen LogP contribution is -2.10. The maximum atomic E-state index is 13.0. The van der Waals surface area contributed by atoms with Crippen LogP contribution in [0.5, 0.6) is 5.75 Å². The minimum absolute atomic E-state index is 0.0349. The molecule has 1 heterocycles. The van der Waals surface area contributed by atoms with Gasteiger partial charge in [-0.1, -0.05) is 54.6 Å². The summed E-state index contributed by atoms with van der Waals surface area (Å²) in [6, 6.07) is 20.4. The summed E-state index contributed by atoms with van der Waals surface area (Å²) in [6.07, 6.45) is -4.45. The van der Waals surface area contributed by atoms with Gasteiger partial charge in [0.15, 0.2) is 5.76 Å². The fourth-order valence-electron chi connectivity index (χ4n) is 2.99. The van der Waals surface area contributed by atoms with Crippen LogP contribution in [-0.4, -0.2) is 0 Å². The molecule has 3 nitrogen and oxygen atoms in total. The van der Waals surface area contributed by atoms with Crippen LogP contribution in [0.2, 0.25) is 0 Å². The highest BCUT2D eigenvalue weighted by Gasteiger charge is 2.30. The average molecular weight is 396 g/mol. The van der Waals surface area contributed by atoms with Crippen LogP contribution >= 0.6 is 0 Å². The van der Waals surface area contributed by atoms with Gasteiger partial charge >= 0.3 is 6.18 Å². The number of para-hydroxylation sites is 1. The summed E-state index contributed by atoms with van der Waals surface area (Å²) in [7, 11) is 0. The number of fused-ring (bicyclic) bond motifs is 1. The third-order valence-electron chi connectivity index (χ3n) is 4.46. The fraction of sp³-hybridized carbons (Fsp3) is 0.0870. The van der Waals surface area contributed by atoms with Crippen LogP contribution in [0.1, 0.15) is 11.1 Å². The van der Waals surface area contributed by atoms with Gasteiger partial charge in [0.1, 0.15) is 12.2 Å². The van der Waals surface area contributed by atoms with Gasteiger partial charge in [0.2, 0.25) is 11.2 Å². The first-order chi connectivity index (χ1) is 13.9. The Hall–Kier alpha value is -3.54.